The Morgan fingerprint density at radius 1 is 0.900 bits per heavy atom. The van der Waals surface area contributed by atoms with Crippen molar-refractivity contribution >= 4 is 11.8 Å². The molecule has 0 bridgehead atoms. The van der Waals surface area contributed by atoms with Crippen LogP contribution in [0.15, 0.2) is 24.3 Å². The molecule has 2 amide bonds. The monoisotopic (exact) mass is 418 g/mol. The maximum absolute atomic E-state index is 13.0. The lowest BCUT2D eigenvalue weighted by Crippen LogP contribution is -2.55. The number of piperazine rings is 2. The van der Waals surface area contributed by atoms with Gasteiger partial charge in [-0.05, 0) is 31.0 Å². The van der Waals surface area contributed by atoms with Crippen LogP contribution in [0.4, 0.5) is 4.39 Å². The number of amides is 2. The summed E-state index contributed by atoms with van der Waals surface area (Å²) in [4.78, 5) is 33.7. The van der Waals surface area contributed by atoms with Crippen LogP contribution in [0.2, 0.25) is 0 Å². The molecule has 0 aromatic heterocycles. The standard InChI is InChI=1S/C23H35FN4O2/c1-3-4-19(2)26-13-15-28(16-14-26)23(30)18-25-9-11-27(12-10-25)22(29)17-20-5-7-21(24)8-6-20/h5-8,19H,3-4,9-18H2,1-2H3. The van der Waals surface area contributed by atoms with Crippen molar-refractivity contribution in [1.29, 1.82) is 0 Å². The first-order valence-corrected chi connectivity index (χ1v) is 11.2. The van der Waals surface area contributed by atoms with Gasteiger partial charge in [-0.25, -0.2) is 4.39 Å². The lowest BCUT2D eigenvalue weighted by Gasteiger charge is -2.39. The fraction of sp³-hybridized carbons (Fsp3) is 0.652. The molecule has 2 aliphatic rings. The molecule has 0 saturated carbocycles. The Morgan fingerprint density at radius 2 is 1.47 bits per heavy atom. The van der Waals surface area contributed by atoms with Crippen LogP contribution in [0.5, 0.6) is 0 Å². The van der Waals surface area contributed by atoms with Gasteiger partial charge in [0.15, 0.2) is 0 Å². The number of carbonyl (C=O) groups excluding carboxylic acids is 2. The summed E-state index contributed by atoms with van der Waals surface area (Å²) in [5.41, 5.74) is 0.825. The van der Waals surface area contributed by atoms with Crippen molar-refractivity contribution < 1.29 is 14.0 Å². The van der Waals surface area contributed by atoms with Crippen LogP contribution < -0.4 is 0 Å². The van der Waals surface area contributed by atoms with Gasteiger partial charge in [0.1, 0.15) is 5.82 Å². The second-order valence-electron chi connectivity index (χ2n) is 8.51. The van der Waals surface area contributed by atoms with Crippen molar-refractivity contribution in [1.82, 2.24) is 19.6 Å². The predicted molar refractivity (Wildman–Crippen MR) is 116 cm³/mol. The van der Waals surface area contributed by atoms with Crippen LogP contribution in [0, 0.1) is 5.82 Å². The third-order valence-electron chi connectivity index (χ3n) is 6.35. The van der Waals surface area contributed by atoms with Gasteiger partial charge in [0.2, 0.25) is 11.8 Å². The highest BCUT2D eigenvalue weighted by molar-refractivity contribution is 5.79. The van der Waals surface area contributed by atoms with Crippen LogP contribution in [0.3, 0.4) is 0 Å². The van der Waals surface area contributed by atoms with Crippen molar-refractivity contribution in [3.05, 3.63) is 35.6 Å². The van der Waals surface area contributed by atoms with Gasteiger partial charge < -0.3 is 9.80 Å². The number of benzene rings is 1. The topological polar surface area (TPSA) is 47.1 Å². The van der Waals surface area contributed by atoms with E-state index in [9.17, 15) is 14.0 Å². The highest BCUT2D eigenvalue weighted by Crippen LogP contribution is 2.12. The van der Waals surface area contributed by atoms with E-state index in [4.69, 9.17) is 0 Å². The van der Waals surface area contributed by atoms with E-state index in [0.717, 1.165) is 31.7 Å². The quantitative estimate of drug-likeness (QED) is 0.678. The molecule has 2 heterocycles. The number of hydrogen-bond donors (Lipinski definition) is 0. The van der Waals surface area contributed by atoms with Crippen molar-refractivity contribution in [2.45, 2.75) is 39.2 Å². The molecule has 6 nitrogen and oxygen atoms in total. The highest BCUT2D eigenvalue weighted by atomic mass is 19.1. The third kappa shape index (κ3) is 6.25. The summed E-state index contributed by atoms with van der Waals surface area (Å²) < 4.78 is 13.0. The normalized spacial score (nSPS) is 19.7. The Bertz CT molecular complexity index is 696. The average molecular weight is 419 g/mol. The SMILES string of the molecule is CCCC(C)N1CCN(C(=O)CN2CCN(C(=O)Cc3ccc(F)cc3)CC2)CC1. The molecule has 0 radical (unpaired) electrons. The van der Waals surface area contributed by atoms with Gasteiger partial charge in [-0.1, -0.05) is 25.5 Å². The largest absolute Gasteiger partial charge is 0.340 e. The molecule has 30 heavy (non-hydrogen) atoms. The van der Waals surface area contributed by atoms with E-state index in [1.165, 1.54) is 25.0 Å². The van der Waals surface area contributed by atoms with Crippen LogP contribution in [0.25, 0.3) is 0 Å². The van der Waals surface area contributed by atoms with Gasteiger partial charge in [0.25, 0.3) is 0 Å². The minimum Gasteiger partial charge on any atom is -0.340 e. The summed E-state index contributed by atoms with van der Waals surface area (Å²) >= 11 is 0. The molecule has 1 aromatic carbocycles. The average Bonchev–Trinajstić information content (AvgIpc) is 2.76. The van der Waals surface area contributed by atoms with Crippen molar-refractivity contribution in [2.75, 3.05) is 58.9 Å². The van der Waals surface area contributed by atoms with E-state index in [0.29, 0.717) is 45.2 Å². The predicted octanol–water partition coefficient (Wildman–Crippen LogP) is 1.85. The Morgan fingerprint density at radius 3 is 2.07 bits per heavy atom. The van der Waals surface area contributed by atoms with Crippen molar-refractivity contribution in [3.8, 4) is 0 Å². The second kappa shape index (κ2) is 10.9. The molecule has 1 aromatic rings. The minimum absolute atomic E-state index is 0.0601. The highest BCUT2D eigenvalue weighted by Gasteiger charge is 2.27. The zero-order chi connectivity index (χ0) is 21.5. The first-order chi connectivity index (χ1) is 14.5. The van der Waals surface area contributed by atoms with Crippen molar-refractivity contribution in [2.24, 2.45) is 0 Å². The Balaban J connectivity index is 1.37. The molecule has 1 atom stereocenters. The summed E-state index contributed by atoms with van der Waals surface area (Å²) in [5, 5.41) is 0. The Labute approximate surface area is 179 Å². The van der Waals surface area contributed by atoms with E-state index >= 15 is 0 Å². The third-order valence-corrected chi connectivity index (χ3v) is 6.35. The summed E-state index contributed by atoms with van der Waals surface area (Å²) in [6, 6.07) is 6.68. The van der Waals surface area contributed by atoms with Gasteiger partial charge in [-0.15, -0.1) is 0 Å². The van der Waals surface area contributed by atoms with E-state index < -0.39 is 0 Å². The number of rotatable bonds is 7. The Hall–Kier alpha value is -1.99. The van der Waals surface area contributed by atoms with Gasteiger partial charge in [0.05, 0.1) is 13.0 Å². The summed E-state index contributed by atoms with van der Waals surface area (Å²) in [6.45, 7) is 11.2. The Kier molecular flexibility index (Phi) is 8.22. The maximum Gasteiger partial charge on any atom is 0.236 e. The van der Waals surface area contributed by atoms with Gasteiger partial charge in [-0.2, -0.15) is 0 Å². The maximum atomic E-state index is 13.0. The molecule has 1 unspecified atom stereocenters. The van der Waals surface area contributed by atoms with Gasteiger partial charge >= 0.3 is 0 Å². The number of hydrogen-bond acceptors (Lipinski definition) is 4. The molecular weight excluding hydrogens is 383 g/mol. The van der Waals surface area contributed by atoms with E-state index in [2.05, 4.69) is 23.6 Å². The van der Waals surface area contributed by atoms with Crippen LogP contribution >= 0.6 is 0 Å². The van der Waals surface area contributed by atoms with Crippen LogP contribution in [-0.4, -0.2) is 96.4 Å². The molecule has 166 valence electrons. The summed E-state index contributed by atoms with van der Waals surface area (Å²) in [5.74, 6) is -0.0323. The number of nitrogens with zero attached hydrogens (tertiary/aromatic N) is 4. The first kappa shape index (κ1) is 22.7. The lowest BCUT2D eigenvalue weighted by molar-refractivity contribution is -0.136. The van der Waals surface area contributed by atoms with E-state index in [-0.39, 0.29) is 17.6 Å². The molecule has 0 aliphatic carbocycles. The summed E-state index contributed by atoms with van der Waals surface area (Å²) in [6.07, 6.45) is 2.69. The fourth-order valence-electron chi connectivity index (χ4n) is 4.35. The molecule has 0 spiro atoms. The van der Waals surface area contributed by atoms with E-state index in [1.807, 2.05) is 9.80 Å². The minimum atomic E-state index is -0.290. The first-order valence-electron chi connectivity index (χ1n) is 11.2. The van der Waals surface area contributed by atoms with Crippen LogP contribution in [0.1, 0.15) is 32.3 Å². The molecule has 2 saturated heterocycles. The molecule has 7 heteroatoms. The smallest absolute Gasteiger partial charge is 0.236 e. The number of halogens is 1. The van der Waals surface area contributed by atoms with Crippen molar-refractivity contribution in [3.63, 3.8) is 0 Å². The van der Waals surface area contributed by atoms with E-state index in [1.54, 1.807) is 12.1 Å². The zero-order valence-corrected chi connectivity index (χ0v) is 18.4. The molecule has 2 fully saturated rings. The number of carbonyl (C=O) groups is 2. The fourth-order valence-corrected chi connectivity index (χ4v) is 4.35. The molecule has 3 rings (SSSR count). The molecular formula is C23H35FN4O2. The lowest BCUT2D eigenvalue weighted by atomic mass is 10.1. The summed E-state index contributed by atoms with van der Waals surface area (Å²) in [7, 11) is 0. The van der Waals surface area contributed by atoms with Gasteiger partial charge in [0, 0.05) is 58.4 Å². The van der Waals surface area contributed by atoms with Crippen LogP contribution in [-0.2, 0) is 16.0 Å². The molecule has 2 aliphatic heterocycles. The second-order valence-corrected chi connectivity index (χ2v) is 8.51. The zero-order valence-electron chi connectivity index (χ0n) is 18.4. The van der Waals surface area contributed by atoms with Gasteiger partial charge in [-0.3, -0.25) is 19.4 Å². The molecule has 0 N–H and O–H groups in total.